The zero-order chi connectivity index (χ0) is 18.7. The molecule has 0 aliphatic carbocycles. The van der Waals surface area contributed by atoms with Gasteiger partial charge < -0.3 is 10.6 Å². The van der Waals surface area contributed by atoms with E-state index in [0.29, 0.717) is 10.7 Å². The minimum atomic E-state index is -2.09. The van der Waals surface area contributed by atoms with Gasteiger partial charge in [0.1, 0.15) is 0 Å². The molecular formula is C17H13ClN4O4. The van der Waals surface area contributed by atoms with Crippen molar-refractivity contribution in [1.29, 1.82) is 0 Å². The van der Waals surface area contributed by atoms with Gasteiger partial charge in [-0.1, -0.05) is 41.9 Å². The third-order valence-corrected chi connectivity index (χ3v) is 4.00. The molecule has 1 saturated heterocycles. The number of amides is 6. The number of benzene rings is 2. The lowest BCUT2D eigenvalue weighted by Crippen LogP contribution is -2.71. The number of carbonyl (C=O) groups excluding carboxylic acids is 4. The highest BCUT2D eigenvalue weighted by Gasteiger charge is 2.53. The molecule has 0 saturated carbocycles. The van der Waals surface area contributed by atoms with E-state index in [1.54, 1.807) is 42.5 Å². The van der Waals surface area contributed by atoms with Crippen molar-refractivity contribution in [3.63, 3.8) is 0 Å². The Morgan fingerprint density at radius 1 is 0.885 bits per heavy atom. The third-order valence-electron chi connectivity index (χ3n) is 3.75. The lowest BCUT2D eigenvalue weighted by atomic mass is 9.86. The van der Waals surface area contributed by atoms with Crippen LogP contribution in [0.1, 0.15) is 5.56 Å². The maximum Gasteiger partial charge on any atom is 0.328 e. The van der Waals surface area contributed by atoms with Gasteiger partial charge in [0.25, 0.3) is 11.8 Å². The summed E-state index contributed by atoms with van der Waals surface area (Å²) >= 11 is 5.79. The molecule has 6 amide bonds. The normalized spacial score (nSPS) is 15.7. The van der Waals surface area contributed by atoms with E-state index in [0.717, 1.165) is 0 Å². The molecule has 1 fully saturated rings. The number of anilines is 1. The molecule has 2 aromatic rings. The molecule has 0 unspecified atom stereocenters. The Labute approximate surface area is 152 Å². The molecule has 8 nitrogen and oxygen atoms in total. The number of urea groups is 2. The van der Waals surface area contributed by atoms with Gasteiger partial charge >= 0.3 is 12.1 Å². The Bertz CT molecular complexity index is 863. The Kier molecular flexibility index (Phi) is 4.59. The van der Waals surface area contributed by atoms with E-state index < -0.39 is 29.4 Å². The van der Waals surface area contributed by atoms with Crippen molar-refractivity contribution in [1.82, 2.24) is 16.0 Å². The van der Waals surface area contributed by atoms with Crippen molar-refractivity contribution in [2.75, 3.05) is 5.32 Å². The predicted molar refractivity (Wildman–Crippen MR) is 93.4 cm³/mol. The lowest BCUT2D eigenvalue weighted by molar-refractivity contribution is -0.139. The number of hydrogen-bond acceptors (Lipinski definition) is 4. The number of rotatable bonds is 3. The van der Waals surface area contributed by atoms with E-state index in [4.69, 9.17) is 11.6 Å². The molecule has 3 rings (SSSR count). The predicted octanol–water partition coefficient (Wildman–Crippen LogP) is 1.72. The zero-order valence-electron chi connectivity index (χ0n) is 13.2. The quantitative estimate of drug-likeness (QED) is 0.614. The lowest BCUT2D eigenvalue weighted by Gasteiger charge is -2.34. The van der Waals surface area contributed by atoms with Crippen molar-refractivity contribution >= 4 is 41.2 Å². The number of imide groups is 2. The summed E-state index contributed by atoms with van der Waals surface area (Å²) in [6.07, 6.45) is 0. The van der Waals surface area contributed by atoms with Crippen LogP contribution in [0.15, 0.2) is 54.6 Å². The number of barbiturate groups is 1. The second-order valence-electron chi connectivity index (χ2n) is 5.44. The van der Waals surface area contributed by atoms with Crippen LogP contribution < -0.4 is 21.3 Å². The van der Waals surface area contributed by atoms with Crippen LogP contribution in [0.4, 0.5) is 15.3 Å². The topological polar surface area (TPSA) is 116 Å². The van der Waals surface area contributed by atoms with Gasteiger partial charge in [-0.25, -0.2) is 9.59 Å². The van der Waals surface area contributed by atoms with Crippen molar-refractivity contribution in [2.45, 2.75) is 5.54 Å². The fourth-order valence-electron chi connectivity index (χ4n) is 2.53. The number of halogens is 1. The summed E-state index contributed by atoms with van der Waals surface area (Å²) in [4.78, 5) is 48.9. The minimum Gasteiger partial charge on any atom is -0.312 e. The molecule has 26 heavy (non-hydrogen) atoms. The van der Waals surface area contributed by atoms with E-state index in [1.807, 2.05) is 10.6 Å². The Morgan fingerprint density at radius 3 is 2.04 bits per heavy atom. The number of hydrogen-bond donors (Lipinski definition) is 4. The standard InChI is InChI=1S/C17H13ClN4O4/c18-11-6-8-12(9-7-11)19-16(26)22-17(10-4-2-1-3-5-10)13(23)20-15(25)21-14(17)24/h1-9H,(H2,19,22,26)(H2,20,21,23,24,25). The summed E-state index contributed by atoms with van der Waals surface area (Å²) in [5.74, 6) is -1.91. The highest BCUT2D eigenvalue weighted by molar-refractivity contribution is 6.30. The summed E-state index contributed by atoms with van der Waals surface area (Å²) in [7, 11) is 0. The molecule has 2 aromatic carbocycles. The average Bonchev–Trinajstić information content (AvgIpc) is 2.61. The highest BCUT2D eigenvalue weighted by Crippen LogP contribution is 2.24. The van der Waals surface area contributed by atoms with Crippen LogP contribution in [0, 0.1) is 0 Å². The molecular weight excluding hydrogens is 360 g/mol. The largest absolute Gasteiger partial charge is 0.328 e. The molecule has 0 bridgehead atoms. The molecule has 4 N–H and O–H groups in total. The molecule has 0 radical (unpaired) electrons. The number of nitrogens with one attached hydrogen (secondary N) is 4. The average molecular weight is 373 g/mol. The summed E-state index contributed by atoms with van der Waals surface area (Å²) in [6.45, 7) is 0. The summed E-state index contributed by atoms with van der Waals surface area (Å²) < 4.78 is 0. The fraction of sp³-hybridized carbons (Fsp3) is 0.0588. The van der Waals surface area contributed by atoms with Crippen molar-refractivity contribution in [2.24, 2.45) is 0 Å². The monoisotopic (exact) mass is 372 g/mol. The van der Waals surface area contributed by atoms with E-state index in [-0.39, 0.29) is 5.56 Å². The molecule has 0 aromatic heterocycles. The summed E-state index contributed by atoms with van der Waals surface area (Å²) in [6, 6.07) is 12.4. The minimum absolute atomic E-state index is 0.203. The molecule has 0 atom stereocenters. The van der Waals surface area contributed by atoms with E-state index in [9.17, 15) is 19.2 Å². The van der Waals surface area contributed by atoms with Gasteiger partial charge in [0, 0.05) is 10.7 Å². The molecule has 132 valence electrons. The van der Waals surface area contributed by atoms with Crippen LogP contribution in [-0.4, -0.2) is 23.9 Å². The van der Waals surface area contributed by atoms with Crippen molar-refractivity contribution < 1.29 is 19.2 Å². The van der Waals surface area contributed by atoms with Crippen LogP contribution >= 0.6 is 11.6 Å². The van der Waals surface area contributed by atoms with Gasteiger partial charge in [0.15, 0.2) is 0 Å². The zero-order valence-corrected chi connectivity index (χ0v) is 14.0. The summed E-state index contributed by atoms with van der Waals surface area (Å²) in [5, 5.41) is 9.38. The van der Waals surface area contributed by atoms with Crippen LogP contribution in [0.2, 0.25) is 5.02 Å². The molecule has 9 heteroatoms. The first-order valence-electron chi connectivity index (χ1n) is 7.49. The smallest absolute Gasteiger partial charge is 0.312 e. The molecule has 1 aliphatic heterocycles. The Balaban J connectivity index is 1.93. The van der Waals surface area contributed by atoms with E-state index in [1.165, 1.54) is 12.1 Å². The number of carbonyl (C=O) groups is 4. The first kappa shape index (κ1) is 17.4. The Hall–Kier alpha value is -3.39. The van der Waals surface area contributed by atoms with Gasteiger partial charge in [-0.2, -0.15) is 0 Å². The maximum atomic E-state index is 12.5. The van der Waals surface area contributed by atoms with E-state index in [2.05, 4.69) is 10.6 Å². The highest BCUT2D eigenvalue weighted by atomic mass is 35.5. The Morgan fingerprint density at radius 2 is 1.46 bits per heavy atom. The fourth-order valence-corrected chi connectivity index (χ4v) is 2.66. The van der Waals surface area contributed by atoms with Crippen molar-refractivity contribution in [3.05, 3.63) is 65.2 Å². The van der Waals surface area contributed by atoms with Crippen molar-refractivity contribution in [3.8, 4) is 0 Å². The molecule has 0 spiro atoms. The molecule has 1 aliphatic rings. The maximum absolute atomic E-state index is 12.5. The van der Waals surface area contributed by atoms with Gasteiger partial charge in [-0.3, -0.25) is 20.2 Å². The van der Waals surface area contributed by atoms with Crippen LogP contribution in [0.3, 0.4) is 0 Å². The van der Waals surface area contributed by atoms with Crippen LogP contribution in [0.5, 0.6) is 0 Å². The van der Waals surface area contributed by atoms with Gasteiger partial charge in [-0.15, -0.1) is 0 Å². The van der Waals surface area contributed by atoms with Crippen LogP contribution in [0.25, 0.3) is 0 Å². The second-order valence-corrected chi connectivity index (χ2v) is 5.88. The van der Waals surface area contributed by atoms with E-state index >= 15 is 0 Å². The second kappa shape index (κ2) is 6.85. The van der Waals surface area contributed by atoms with Gasteiger partial charge in [0.2, 0.25) is 5.54 Å². The van der Waals surface area contributed by atoms with Gasteiger partial charge in [-0.05, 0) is 29.8 Å². The molecule has 1 heterocycles. The first-order valence-corrected chi connectivity index (χ1v) is 7.87. The third kappa shape index (κ3) is 3.22. The van der Waals surface area contributed by atoms with Gasteiger partial charge in [0.05, 0.1) is 0 Å². The SMILES string of the molecule is O=C1NC(=O)C(NC(=O)Nc2ccc(Cl)cc2)(c2ccccc2)C(=O)N1. The summed E-state index contributed by atoms with van der Waals surface area (Å²) in [5.41, 5.74) is -1.48. The first-order chi connectivity index (χ1) is 12.4. The van der Waals surface area contributed by atoms with Crippen LogP contribution in [-0.2, 0) is 15.1 Å².